The fraction of sp³-hybridized carbons (Fsp3) is 0.300. The summed E-state index contributed by atoms with van der Waals surface area (Å²) in [7, 11) is 0. The molecule has 0 aliphatic carbocycles. The lowest BCUT2D eigenvalue weighted by molar-refractivity contribution is -0.130. The molecule has 134 valence electrons. The van der Waals surface area contributed by atoms with Gasteiger partial charge in [0.2, 0.25) is 5.91 Å². The predicted molar refractivity (Wildman–Crippen MR) is 108 cm³/mol. The van der Waals surface area contributed by atoms with Gasteiger partial charge in [-0.15, -0.1) is 0 Å². The Bertz CT molecular complexity index is 947. The summed E-state index contributed by atoms with van der Waals surface area (Å²) in [6, 6.07) is 14.0. The molecule has 0 radical (unpaired) electrons. The monoisotopic (exact) mass is 385 g/mol. The van der Waals surface area contributed by atoms with E-state index in [2.05, 4.69) is 24.0 Å². The number of thiazole rings is 1. The van der Waals surface area contributed by atoms with Crippen LogP contribution in [0.15, 0.2) is 42.5 Å². The molecule has 4 rings (SSSR count). The van der Waals surface area contributed by atoms with Crippen LogP contribution in [0.4, 0.5) is 5.13 Å². The van der Waals surface area contributed by atoms with Crippen LogP contribution in [0.5, 0.6) is 0 Å². The van der Waals surface area contributed by atoms with Crippen molar-refractivity contribution in [3.05, 3.63) is 58.6 Å². The maximum absolute atomic E-state index is 12.6. The summed E-state index contributed by atoms with van der Waals surface area (Å²) in [5.74, 6) is 0.200. The molecule has 0 N–H and O–H groups in total. The number of nitrogens with zero attached hydrogens (tertiary/aromatic N) is 3. The van der Waals surface area contributed by atoms with Gasteiger partial charge in [-0.2, -0.15) is 0 Å². The van der Waals surface area contributed by atoms with Crippen molar-refractivity contribution in [1.82, 2.24) is 9.88 Å². The lowest BCUT2D eigenvalue weighted by atomic mass is 10.1. The Morgan fingerprint density at radius 3 is 2.73 bits per heavy atom. The van der Waals surface area contributed by atoms with Crippen molar-refractivity contribution >= 4 is 44.2 Å². The third-order valence-electron chi connectivity index (χ3n) is 4.68. The number of carbonyl (C=O) groups is 1. The molecule has 4 nitrogen and oxygen atoms in total. The van der Waals surface area contributed by atoms with Gasteiger partial charge in [0.15, 0.2) is 5.13 Å². The normalized spacial score (nSPS) is 14.8. The molecule has 1 aliphatic heterocycles. The number of hydrogen-bond donors (Lipinski definition) is 0. The van der Waals surface area contributed by atoms with Gasteiger partial charge < -0.3 is 9.80 Å². The first kappa shape index (κ1) is 17.3. The molecule has 6 heteroatoms. The second-order valence-electron chi connectivity index (χ2n) is 6.64. The summed E-state index contributed by atoms with van der Waals surface area (Å²) < 4.78 is 1.10. The number of hydrogen-bond acceptors (Lipinski definition) is 4. The maximum Gasteiger partial charge on any atom is 0.227 e. The topological polar surface area (TPSA) is 36.4 Å². The van der Waals surface area contributed by atoms with Crippen LogP contribution in [0.1, 0.15) is 11.1 Å². The standard InChI is InChI=1S/C20H20ClN3OS/c1-14-3-2-4-15(11-14)12-19(25)23-7-9-24(10-8-23)20-22-17-6-5-16(21)13-18(17)26-20/h2-6,11,13H,7-10,12H2,1H3. The Hall–Kier alpha value is -2.11. The average Bonchev–Trinajstić information content (AvgIpc) is 3.05. The zero-order valence-electron chi connectivity index (χ0n) is 14.6. The minimum absolute atomic E-state index is 0.200. The molecule has 2 heterocycles. The summed E-state index contributed by atoms with van der Waals surface area (Å²) in [6.07, 6.45) is 0.474. The van der Waals surface area contributed by atoms with Crippen LogP contribution in [0.2, 0.25) is 5.02 Å². The SMILES string of the molecule is Cc1cccc(CC(=O)N2CCN(c3nc4ccc(Cl)cc4s3)CC2)c1. The molecular weight excluding hydrogens is 366 g/mol. The Kier molecular flexibility index (Phi) is 4.83. The van der Waals surface area contributed by atoms with Crippen molar-refractivity contribution < 1.29 is 4.79 Å². The lowest BCUT2D eigenvalue weighted by Gasteiger charge is -2.34. The minimum atomic E-state index is 0.200. The second kappa shape index (κ2) is 7.25. The molecule has 0 bridgehead atoms. The second-order valence-corrected chi connectivity index (χ2v) is 8.09. The van der Waals surface area contributed by atoms with E-state index in [0.29, 0.717) is 6.42 Å². The molecule has 0 saturated carbocycles. The smallest absolute Gasteiger partial charge is 0.227 e. The summed E-state index contributed by atoms with van der Waals surface area (Å²) in [5, 5.41) is 1.74. The molecule has 0 spiro atoms. The van der Waals surface area contributed by atoms with Crippen molar-refractivity contribution in [3.8, 4) is 0 Å². The lowest BCUT2D eigenvalue weighted by Crippen LogP contribution is -2.49. The molecule has 1 aliphatic rings. The van der Waals surface area contributed by atoms with Gasteiger partial charge in [-0.3, -0.25) is 4.79 Å². The Balaban J connectivity index is 1.39. The van der Waals surface area contributed by atoms with Crippen LogP contribution < -0.4 is 4.90 Å². The fourth-order valence-corrected chi connectivity index (χ4v) is 4.57. The molecule has 1 aromatic heterocycles. The van der Waals surface area contributed by atoms with Crippen molar-refractivity contribution in [1.29, 1.82) is 0 Å². The number of benzene rings is 2. The number of fused-ring (bicyclic) bond motifs is 1. The molecule has 2 aromatic carbocycles. The van der Waals surface area contributed by atoms with Gasteiger partial charge in [0, 0.05) is 31.2 Å². The van der Waals surface area contributed by atoms with Crippen molar-refractivity contribution in [2.45, 2.75) is 13.3 Å². The highest BCUT2D eigenvalue weighted by Gasteiger charge is 2.23. The summed E-state index contributed by atoms with van der Waals surface area (Å²) in [4.78, 5) is 21.5. The van der Waals surface area contributed by atoms with Gasteiger partial charge >= 0.3 is 0 Å². The van der Waals surface area contributed by atoms with E-state index in [0.717, 1.165) is 52.1 Å². The number of anilines is 1. The number of aryl methyl sites for hydroxylation is 1. The van der Waals surface area contributed by atoms with Gasteiger partial charge in [-0.25, -0.2) is 4.98 Å². The zero-order chi connectivity index (χ0) is 18.1. The van der Waals surface area contributed by atoms with Gasteiger partial charge in [0.05, 0.1) is 16.6 Å². The number of piperazine rings is 1. The molecule has 0 unspecified atom stereocenters. The van der Waals surface area contributed by atoms with Crippen molar-refractivity contribution in [2.75, 3.05) is 31.1 Å². The molecule has 1 saturated heterocycles. The van der Waals surface area contributed by atoms with Crippen LogP contribution in [-0.2, 0) is 11.2 Å². The molecule has 0 atom stereocenters. The summed E-state index contributed by atoms with van der Waals surface area (Å²) in [6.45, 7) is 5.15. The highest BCUT2D eigenvalue weighted by Crippen LogP contribution is 2.31. The molecule has 1 amide bonds. The zero-order valence-corrected chi connectivity index (χ0v) is 16.2. The first-order valence-corrected chi connectivity index (χ1v) is 9.92. The van der Waals surface area contributed by atoms with Gasteiger partial charge in [-0.1, -0.05) is 52.8 Å². The fourth-order valence-electron chi connectivity index (χ4n) is 3.28. The minimum Gasteiger partial charge on any atom is -0.345 e. The van der Waals surface area contributed by atoms with Crippen molar-refractivity contribution in [2.24, 2.45) is 0 Å². The maximum atomic E-state index is 12.6. The van der Waals surface area contributed by atoms with Crippen LogP contribution in [0, 0.1) is 6.92 Å². The molecule has 1 fully saturated rings. The third kappa shape index (κ3) is 3.69. The quantitative estimate of drug-likeness (QED) is 0.679. The number of aromatic nitrogens is 1. The largest absolute Gasteiger partial charge is 0.345 e. The van der Waals surface area contributed by atoms with Crippen molar-refractivity contribution in [3.63, 3.8) is 0 Å². The number of rotatable bonds is 3. The van der Waals surface area contributed by atoms with Crippen LogP contribution in [0.3, 0.4) is 0 Å². The Labute approximate surface area is 162 Å². The van der Waals surface area contributed by atoms with E-state index in [-0.39, 0.29) is 5.91 Å². The average molecular weight is 386 g/mol. The van der Waals surface area contributed by atoms with E-state index >= 15 is 0 Å². The third-order valence-corrected chi connectivity index (χ3v) is 5.99. The molecule has 3 aromatic rings. The van der Waals surface area contributed by atoms with Gasteiger partial charge in [-0.05, 0) is 30.7 Å². The van der Waals surface area contributed by atoms with E-state index in [9.17, 15) is 4.79 Å². The molecular formula is C20H20ClN3OS. The van der Waals surface area contributed by atoms with Crippen LogP contribution in [0.25, 0.3) is 10.2 Å². The van der Waals surface area contributed by atoms with E-state index in [1.54, 1.807) is 11.3 Å². The Morgan fingerprint density at radius 2 is 1.96 bits per heavy atom. The number of amides is 1. The van der Waals surface area contributed by atoms with Gasteiger partial charge in [0.1, 0.15) is 0 Å². The Morgan fingerprint density at radius 1 is 1.15 bits per heavy atom. The highest BCUT2D eigenvalue weighted by atomic mass is 35.5. The van der Waals surface area contributed by atoms with Crippen LogP contribution >= 0.6 is 22.9 Å². The van der Waals surface area contributed by atoms with E-state index in [4.69, 9.17) is 16.6 Å². The molecule has 26 heavy (non-hydrogen) atoms. The van der Waals surface area contributed by atoms with Gasteiger partial charge in [0.25, 0.3) is 0 Å². The number of halogens is 1. The summed E-state index contributed by atoms with van der Waals surface area (Å²) in [5.41, 5.74) is 3.25. The van der Waals surface area contributed by atoms with Crippen LogP contribution in [-0.4, -0.2) is 42.0 Å². The van der Waals surface area contributed by atoms with E-state index in [1.807, 2.05) is 35.2 Å². The highest BCUT2D eigenvalue weighted by molar-refractivity contribution is 7.22. The first-order chi connectivity index (χ1) is 12.6. The first-order valence-electron chi connectivity index (χ1n) is 8.73. The predicted octanol–water partition coefficient (Wildman–Crippen LogP) is 4.15. The number of carbonyl (C=O) groups excluding carboxylic acids is 1. The van der Waals surface area contributed by atoms with E-state index < -0.39 is 0 Å². The van der Waals surface area contributed by atoms with E-state index in [1.165, 1.54) is 5.56 Å². The summed E-state index contributed by atoms with van der Waals surface area (Å²) >= 11 is 7.72.